The number of hydrogen-bond acceptors (Lipinski definition) is 5. The summed E-state index contributed by atoms with van der Waals surface area (Å²) >= 11 is 1.65. The van der Waals surface area contributed by atoms with E-state index >= 15 is 0 Å². The summed E-state index contributed by atoms with van der Waals surface area (Å²) in [5.41, 5.74) is 0. The Labute approximate surface area is 184 Å². The van der Waals surface area contributed by atoms with Crippen molar-refractivity contribution in [2.24, 2.45) is 5.92 Å². The number of halogens is 3. The molecule has 2 aliphatic heterocycles. The number of aliphatic carboxylic acids is 1. The van der Waals surface area contributed by atoms with Crippen molar-refractivity contribution in [1.82, 2.24) is 9.80 Å². The van der Waals surface area contributed by atoms with E-state index in [1.807, 2.05) is 28.5 Å². The number of alkyl halides is 3. The highest BCUT2D eigenvalue weighted by Gasteiger charge is 2.38. The van der Waals surface area contributed by atoms with Gasteiger partial charge in [0.05, 0.1) is 13.2 Å². The summed E-state index contributed by atoms with van der Waals surface area (Å²) in [6, 6.07) is 4.27. The predicted octanol–water partition coefficient (Wildman–Crippen LogP) is 3.74. The van der Waals surface area contributed by atoms with Crippen molar-refractivity contribution >= 4 is 29.3 Å². The first kappa shape index (κ1) is 25.4. The summed E-state index contributed by atoms with van der Waals surface area (Å²) in [5.74, 6) is -2.23. The number of rotatable bonds is 5. The molecule has 2 fully saturated rings. The monoisotopic (exact) mass is 462 g/mol. The van der Waals surface area contributed by atoms with Crippen LogP contribution in [0.3, 0.4) is 0 Å². The summed E-state index contributed by atoms with van der Waals surface area (Å²) in [7, 11) is 0. The third kappa shape index (κ3) is 8.62. The number of ether oxygens (including phenoxy) is 1. The fourth-order valence-electron chi connectivity index (χ4n) is 3.62. The number of thiophene rings is 1. The number of carbonyl (C=O) groups excluding carboxylic acids is 1. The van der Waals surface area contributed by atoms with Crippen LogP contribution in [0.5, 0.6) is 0 Å². The van der Waals surface area contributed by atoms with Crippen LogP contribution in [0.2, 0.25) is 0 Å². The molecule has 6 nitrogen and oxygen atoms in total. The molecule has 1 N–H and O–H groups in total. The molecule has 0 unspecified atom stereocenters. The van der Waals surface area contributed by atoms with E-state index in [4.69, 9.17) is 14.6 Å². The minimum atomic E-state index is -5.08. The molecule has 0 aromatic carbocycles. The van der Waals surface area contributed by atoms with E-state index in [0.29, 0.717) is 19.1 Å². The van der Waals surface area contributed by atoms with Crippen molar-refractivity contribution in [3.63, 3.8) is 0 Å². The highest BCUT2D eigenvalue weighted by Crippen LogP contribution is 2.21. The van der Waals surface area contributed by atoms with Gasteiger partial charge in [-0.3, -0.25) is 4.79 Å². The maximum absolute atomic E-state index is 12.6. The first-order valence-electron chi connectivity index (χ1n) is 10.3. The lowest BCUT2D eigenvalue weighted by atomic mass is 9.96. The number of carbonyl (C=O) groups is 2. The summed E-state index contributed by atoms with van der Waals surface area (Å²) < 4.78 is 37.5. The van der Waals surface area contributed by atoms with Gasteiger partial charge in [-0.25, -0.2) is 4.79 Å². The van der Waals surface area contributed by atoms with E-state index in [1.54, 1.807) is 17.4 Å². The number of hydrogen-bond donors (Lipinski definition) is 1. The second-order valence-electron chi connectivity index (χ2n) is 7.60. The molecule has 3 rings (SSSR count). The van der Waals surface area contributed by atoms with Gasteiger partial charge in [0.1, 0.15) is 0 Å². The fraction of sp³-hybridized carbons (Fsp3) is 0.619. The van der Waals surface area contributed by atoms with Crippen LogP contribution in [-0.4, -0.2) is 78.4 Å². The van der Waals surface area contributed by atoms with Crippen LogP contribution in [0.25, 0.3) is 6.08 Å². The van der Waals surface area contributed by atoms with Gasteiger partial charge >= 0.3 is 12.1 Å². The number of nitrogens with zero attached hydrogens (tertiary/aromatic N) is 2. The van der Waals surface area contributed by atoms with Gasteiger partial charge in [0.15, 0.2) is 0 Å². The van der Waals surface area contributed by atoms with Gasteiger partial charge in [-0.15, -0.1) is 11.3 Å². The van der Waals surface area contributed by atoms with Crippen LogP contribution in [0.4, 0.5) is 13.2 Å². The maximum Gasteiger partial charge on any atom is 0.490 e. The quantitative estimate of drug-likeness (QED) is 0.675. The van der Waals surface area contributed by atoms with E-state index in [9.17, 15) is 18.0 Å². The first-order valence-corrected chi connectivity index (χ1v) is 11.2. The van der Waals surface area contributed by atoms with E-state index < -0.39 is 12.1 Å². The molecular formula is C21H29F3N2O4S. The Balaban J connectivity index is 0.000000423. The van der Waals surface area contributed by atoms with Gasteiger partial charge in [-0.2, -0.15) is 13.2 Å². The average molecular weight is 463 g/mol. The van der Waals surface area contributed by atoms with Crippen molar-refractivity contribution in [1.29, 1.82) is 0 Å². The van der Waals surface area contributed by atoms with Crippen LogP contribution in [0, 0.1) is 5.92 Å². The Bertz CT molecular complexity index is 719. The van der Waals surface area contributed by atoms with Gasteiger partial charge in [-0.05, 0) is 63.3 Å². The highest BCUT2D eigenvalue weighted by atomic mass is 32.1. The summed E-state index contributed by atoms with van der Waals surface area (Å²) in [6.07, 6.45) is 2.32. The maximum atomic E-state index is 12.6. The molecule has 1 aromatic heterocycles. The molecule has 0 spiro atoms. The van der Waals surface area contributed by atoms with Crippen molar-refractivity contribution in [2.45, 2.75) is 38.4 Å². The SMILES string of the molecule is C[C@H]1[C@H](CCN2CCCC2)COCCN1C(=O)/C=C/c1cccs1.O=C(O)C(F)(F)F. The largest absolute Gasteiger partial charge is 0.490 e. The molecule has 1 amide bonds. The summed E-state index contributed by atoms with van der Waals surface area (Å²) in [5, 5.41) is 9.15. The Morgan fingerprint density at radius 3 is 2.55 bits per heavy atom. The van der Waals surface area contributed by atoms with Crippen molar-refractivity contribution in [3.05, 3.63) is 28.5 Å². The van der Waals surface area contributed by atoms with Crippen molar-refractivity contribution < 1.29 is 32.6 Å². The summed E-state index contributed by atoms with van der Waals surface area (Å²) in [4.78, 5) is 27.2. The minimum absolute atomic E-state index is 0.104. The second kappa shape index (κ2) is 12.2. The smallest absolute Gasteiger partial charge is 0.475 e. The van der Waals surface area contributed by atoms with Crippen LogP contribution >= 0.6 is 11.3 Å². The lowest BCUT2D eigenvalue weighted by Gasteiger charge is -2.31. The molecular weight excluding hydrogens is 433 g/mol. The Morgan fingerprint density at radius 2 is 1.97 bits per heavy atom. The highest BCUT2D eigenvalue weighted by molar-refractivity contribution is 7.10. The van der Waals surface area contributed by atoms with E-state index in [2.05, 4.69) is 11.8 Å². The number of carboxylic acid groups (broad SMARTS) is 1. The molecule has 0 bridgehead atoms. The predicted molar refractivity (Wildman–Crippen MR) is 113 cm³/mol. The zero-order chi connectivity index (χ0) is 22.9. The average Bonchev–Trinajstić information content (AvgIpc) is 3.38. The number of likely N-dealkylation sites (tertiary alicyclic amines) is 1. The molecule has 0 aliphatic carbocycles. The summed E-state index contributed by atoms with van der Waals surface area (Å²) in [6.45, 7) is 7.87. The Morgan fingerprint density at radius 1 is 1.29 bits per heavy atom. The van der Waals surface area contributed by atoms with Crippen LogP contribution in [0.15, 0.2) is 23.6 Å². The lowest BCUT2D eigenvalue weighted by Crippen LogP contribution is -2.43. The lowest BCUT2D eigenvalue weighted by molar-refractivity contribution is -0.192. The molecule has 2 aliphatic rings. The second-order valence-corrected chi connectivity index (χ2v) is 8.58. The normalized spacial score (nSPS) is 22.8. The van der Waals surface area contributed by atoms with Gasteiger partial charge < -0.3 is 19.6 Å². The van der Waals surface area contributed by atoms with Crippen LogP contribution in [-0.2, 0) is 14.3 Å². The first-order chi connectivity index (χ1) is 14.7. The molecule has 2 saturated heterocycles. The topological polar surface area (TPSA) is 70.1 Å². The standard InChI is InChI=1S/C19H28N2O2S.C2HF3O2/c1-16-17(8-11-20-9-2-3-10-20)15-23-13-12-21(16)19(22)7-6-18-5-4-14-24-18;3-2(4,5)1(6)7/h4-7,14,16-17H,2-3,8-13,15H2,1H3;(H,6,7)/b7-6+;/t16-,17+;/m0./s1. The van der Waals surface area contributed by atoms with Gasteiger partial charge in [0.2, 0.25) is 5.91 Å². The Kier molecular flexibility index (Phi) is 9.98. The zero-order valence-electron chi connectivity index (χ0n) is 17.5. The molecule has 31 heavy (non-hydrogen) atoms. The van der Waals surface area contributed by atoms with Gasteiger partial charge in [-0.1, -0.05) is 6.07 Å². The fourth-order valence-corrected chi connectivity index (χ4v) is 4.24. The third-order valence-electron chi connectivity index (χ3n) is 5.46. The molecule has 174 valence electrons. The van der Waals surface area contributed by atoms with Crippen molar-refractivity contribution in [2.75, 3.05) is 39.4 Å². The van der Waals surface area contributed by atoms with Gasteiger partial charge in [0.25, 0.3) is 0 Å². The zero-order valence-corrected chi connectivity index (χ0v) is 18.3. The molecule has 0 radical (unpaired) electrons. The van der Waals surface area contributed by atoms with E-state index in [0.717, 1.165) is 24.4 Å². The number of carboxylic acids is 1. The third-order valence-corrected chi connectivity index (χ3v) is 6.29. The van der Waals surface area contributed by atoms with Gasteiger partial charge in [0, 0.05) is 29.5 Å². The molecule has 10 heteroatoms. The number of amides is 1. The van der Waals surface area contributed by atoms with Crippen LogP contribution < -0.4 is 0 Å². The minimum Gasteiger partial charge on any atom is -0.475 e. The van der Waals surface area contributed by atoms with E-state index in [-0.39, 0.29) is 11.9 Å². The Hall–Kier alpha value is -1.91. The van der Waals surface area contributed by atoms with E-state index in [1.165, 1.54) is 25.9 Å². The molecule has 0 saturated carbocycles. The van der Waals surface area contributed by atoms with Crippen LogP contribution in [0.1, 0.15) is 31.1 Å². The molecule has 3 heterocycles. The van der Waals surface area contributed by atoms with Crippen molar-refractivity contribution in [3.8, 4) is 0 Å². The molecule has 1 aromatic rings. The molecule has 2 atom stereocenters.